The van der Waals surface area contributed by atoms with E-state index < -0.39 is 63.9 Å². The Morgan fingerprint density at radius 1 is 1.04 bits per heavy atom. The van der Waals surface area contributed by atoms with Crippen LogP contribution in [0.4, 0.5) is 0 Å². The molecule has 1 aromatic carbocycles. The molecule has 4 aliphatic carbocycles. The topological polar surface area (TPSA) is 173 Å². The third-order valence-electron chi connectivity index (χ3n) is 13.4. The lowest BCUT2D eigenvalue weighted by Crippen LogP contribution is -2.64. The van der Waals surface area contributed by atoms with Gasteiger partial charge in [0.1, 0.15) is 5.78 Å². The van der Waals surface area contributed by atoms with Gasteiger partial charge in [-0.15, -0.1) is 0 Å². The van der Waals surface area contributed by atoms with E-state index in [1.807, 2.05) is 77.1 Å². The molecule has 4 aliphatic rings. The largest absolute Gasteiger partial charge is 0.478 e. The van der Waals surface area contributed by atoms with Gasteiger partial charge in [0.25, 0.3) is 0 Å². The van der Waals surface area contributed by atoms with Gasteiger partial charge in [-0.25, -0.2) is 4.79 Å². The van der Waals surface area contributed by atoms with Crippen LogP contribution in [-0.4, -0.2) is 79.2 Å². The lowest BCUT2D eigenvalue weighted by Gasteiger charge is -2.63. The molecule has 0 amide bonds. The minimum absolute atomic E-state index is 0.0696. The molecule has 11 atom stereocenters. The Kier molecular flexibility index (Phi) is 10.6. The van der Waals surface area contributed by atoms with Crippen LogP contribution >= 0.6 is 0 Å². The quantitative estimate of drug-likeness (QED) is 0.177. The van der Waals surface area contributed by atoms with Gasteiger partial charge in [-0.2, -0.15) is 0 Å². The minimum atomic E-state index is -1.22. The molecule has 9 nitrogen and oxygen atoms in total. The molecule has 9 heteroatoms. The molecule has 6 N–H and O–H groups in total. The van der Waals surface area contributed by atoms with Crippen LogP contribution in [0, 0.1) is 45.3 Å². The summed E-state index contributed by atoms with van der Waals surface area (Å²) in [6, 6.07) is 9.69. The van der Waals surface area contributed by atoms with Crippen molar-refractivity contribution < 1.29 is 45.0 Å². The number of ketones is 2. The number of aliphatic hydroxyl groups excluding tert-OH is 5. The van der Waals surface area contributed by atoms with Gasteiger partial charge in [-0.1, -0.05) is 77.1 Å². The summed E-state index contributed by atoms with van der Waals surface area (Å²) in [6.07, 6.45) is 2.11. The zero-order valence-corrected chi connectivity index (χ0v) is 30.3. The Labute approximate surface area is 295 Å². The number of hydrogen-bond acceptors (Lipinski definition) is 8. The third kappa shape index (κ3) is 6.07. The summed E-state index contributed by atoms with van der Waals surface area (Å²) in [7, 11) is 0. The summed E-state index contributed by atoms with van der Waals surface area (Å²) >= 11 is 0. The molecule has 0 heterocycles. The van der Waals surface area contributed by atoms with Crippen LogP contribution in [0.15, 0.2) is 59.2 Å². The number of carbonyl (C=O) groups is 3. The first-order chi connectivity index (χ1) is 23.4. The third-order valence-corrected chi connectivity index (χ3v) is 13.4. The summed E-state index contributed by atoms with van der Waals surface area (Å²) in [5, 5.41) is 66.1. The summed E-state index contributed by atoms with van der Waals surface area (Å²) in [5.41, 5.74) is -1.87. The number of carboxylic acids is 1. The number of fused-ring (bicyclic) bond motifs is 4. The second kappa shape index (κ2) is 13.9. The molecule has 2 fully saturated rings. The van der Waals surface area contributed by atoms with E-state index in [0.717, 1.165) is 5.56 Å². The predicted molar refractivity (Wildman–Crippen MR) is 189 cm³/mol. The maximum Gasteiger partial charge on any atom is 0.331 e. The molecule has 1 aromatic rings. The van der Waals surface area contributed by atoms with Crippen LogP contribution in [0.5, 0.6) is 0 Å². The molecule has 5 rings (SSSR count). The Hall–Kier alpha value is -2.95. The Bertz CT molecular complexity index is 1570. The minimum Gasteiger partial charge on any atom is -0.478 e. The Morgan fingerprint density at radius 3 is 2.30 bits per heavy atom. The van der Waals surface area contributed by atoms with Crippen molar-refractivity contribution in [2.45, 2.75) is 111 Å². The fraction of sp³-hybridized carbons (Fsp3) is 0.634. The van der Waals surface area contributed by atoms with Crippen LogP contribution < -0.4 is 0 Å². The van der Waals surface area contributed by atoms with Crippen LogP contribution in [0.25, 0.3) is 6.08 Å². The van der Waals surface area contributed by atoms with Gasteiger partial charge in [0, 0.05) is 59.2 Å². The zero-order valence-electron chi connectivity index (χ0n) is 30.3. The SMILES string of the molecule is CC(O)CC(=CC(O)CC(C)C1CC(O)C2(CCO)C3=C(C(=O)CC12C)C1(C)CCC(=O)C(C)(C)C1C(C=Cc1ccccc1)C3O)C(=O)O. The molecular formula is C41H56O9. The van der Waals surface area contributed by atoms with Crippen molar-refractivity contribution in [1.82, 2.24) is 0 Å². The number of carboxylic acid groups (broad SMARTS) is 1. The highest BCUT2D eigenvalue weighted by molar-refractivity contribution is 6.01. The van der Waals surface area contributed by atoms with E-state index in [1.165, 1.54) is 13.0 Å². The number of hydrogen-bond donors (Lipinski definition) is 6. The molecular weight excluding hydrogens is 636 g/mol. The smallest absolute Gasteiger partial charge is 0.331 e. The highest BCUT2D eigenvalue weighted by atomic mass is 16.4. The van der Waals surface area contributed by atoms with Crippen molar-refractivity contribution in [3.63, 3.8) is 0 Å². The molecule has 50 heavy (non-hydrogen) atoms. The Morgan fingerprint density at radius 2 is 1.70 bits per heavy atom. The lowest BCUT2D eigenvalue weighted by atomic mass is 9.39. The first-order valence-corrected chi connectivity index (χ1v) is 18.2. The first kappa shape index (κ1) is 38.3. The van der Waals surface area contributed by atoms with Crippen LogP contribution in [0.3, 0.4) is 0 Å². The first-order valence-electron chi connectivity index (χ1n) is 18.2. The van der Waals surface area contributed by atoms with Gasteiger partial charge in [0.2, 0.25) is 0 Å². The maximum absolute atomic E-state index is 14.8. The van der Waals surface area contributed by atoms with Crippen molar-refractivity contribution >= 4 is 23.6 Å². The second-order valence-corrected chi connectivity index (χ2v) is 16.8. The monoisotopic (exact) mass is 692 g/mol. The van der Waals surface area contributed by atoms with Crippen molar-refractivity contribution in [1.29, 1.82) is 0 Å². The molecule has 0 spiro atoms. The average molecular weight is 693 g/mol. The number of allylic oxidation sites excluding steroid dienone is 1. The van der Waals surface area contributed by atoms with Crippen molar-refractivity contribution in [3.8, 4) is 0 Å². The fourth-order valence-corrected chi connectivity index (χ4v) is 11.4. The molecule has 0 bridgehead atoms. The van der Waals surface area contributed by atoms with Gasteiger partial charge >= 0.3 is 5.97 Å². The van der Waals surface area contributed by atoms with Gasteiger partial charge in [-0.05, 0) is 73.0 Å². The normalized spacial score (nSPS) is 37.3. The molecule has 0 saturated heterocycles. The lowest BCUT2D eigenvalue weighted by molar-refractivity contribution is -0.152. The fourth-order valence-electron chi connectivity index (χ4n) is 11.4. The predicted octanol–water partition coefficient (Wildman–Crippen LogP) is 4.90. The highest BCUT2D eigenvalue weighted by Crippen LogP contribution is 2.73. The number of Topliss-reactive ketones (excluding diaryl/α,β-unsaturated/α-hetero) is 2. The summed E-state index contributed by atoms with van der Waals surface area (Å²) in [5.74, 6) is -2.82. The number of aliphatic hydroxyl groups is 5. The van der Waals surface area contributed by atoms with E-state index in [2.05, 4.69) is 0 Å². The van der Waals surface area contributed by atoms with E-state index in [0.29, 0.717) is 24.0 Å². The zero-order chi connectivity index (χ0) is 37.0. The van der Waals surface area contributed by atoms with E-state index in [1.54, 1.807) is 0 Å². The van der Waals surface area contributed by atoms with E-state index >= 15 is 0 Å². The van der Waals surface area contributed by atoms with Crippen molar-refractivity contribution in [2.75, 3.05) is 6.61 Å². The molecule has 0 aromatic heterocycles. The van der Waals surface area contributed by atoms with Crippen LogP contribution in [-0.2, 0) is 14.4 Å². The number of benzene rings is 1. The van der Waals surface area contributed by atoms with E-state index in [4.69, 9.17) is 0 Å². The number of rotatable bonds is 11. The van der Waals surface area contributed by atoms with Gasteiger partial charge < -0.3 is 30.6 Å². The Balaban J connectivity index is 1.65. The maximum atomic E-state index is 14.8. The van der Waals surface area contributed by atoms with E-state index in [-0.39, 0.29) is 67.7 Å². The molecule has 274 valence electrons. The summed E-state index contributed by atoms with van der Waals surface area (Å²) in [4.78, 5) is 40.1. The van der Waals surface area contributed by atoms with Gasteiger partial charge in [0.05, 0.1) is 24.4 Å². The van der Waals surface area contributed by atoms with Crippen LogP contribution in [0.1, 0.15) is 92.1 Å². The number of carbonyl (C=O) groups excluding carboxylic acids is 2. The van der Waals surface area contributed by atoms with E-state index in [9.17, 15) is 45.0 Å². The summed E-state index contributed by atoms with van der Waals surface area (Å²) < 4.78 is 0. The van der Waals surface area contributed by atoms with Gasteiger partial charge in [-0.3, -0.25) is 9.59 Å². The average Bonchev–Trinajstić information content (AvgIpc) is 3.25. The van der Waals surface area contributed by atoms with Crippen LogP contribution in [0.2, 0.25) is 0 Å². The standard InChI is InChI=1S/C41H56O9/c1-23(18-27(44)20-26(37(49)50)19-24(2)43)29-21-32(47)41(16-17-42)34-33(30(45)22-40(29,41)6)39(5)15-14-31(46)38(3,4)36(39)28(35(34)48)13-12-25-10-8-7-9-11-25/h7-13,20,23-24,27-29,32,35-36,42-44,47-48H,14-19,21-22H2,1-6H3,(H,49,50). The molecule has 11 unspecified atom stereocenters. The number of aliphatic carboxylic acids is 1. The molecule has 0 radical (unpaired) electrons. The second-order valence-electron chi connectivity index (χ2n) is 16.8. The molecule has 2 saturated carbocycles. The molecule has 0 aliphatic heterocycles. The van der Waals surface area contributed by atoms with Gasteiger partial charge in [0.15, 0.2) is 5.78 Å². The van der Waals surface area contributed by atoms with Crippen molar-refractivity contribution in [3.05, 3.63) is 64.8 Å². The highest BCUT2D eigenvalue weighted by Gasteiger charge is 2.72. The van der Waals surface area contributed by atoms with Crippen molar-refractivity contribution in [2.24, 2.45) is 45.3 Å². The summed E-state index contributed by atoms with van der Waals surface area (Å²) in [6.45, 7) is 11.0.